The number of nitrogens with one attached hydrogen (secondary N) is 1. The summed E-state index contributed by atoms with van der Waals surface area (Å²) in [6.07, 6.45) is -0.0844. The summed E-state index contributed by atoms with van der Waals surface area (Å²) in [6, 6.07) is 0. The number of aliphatic carboxylic acids is 1. The predicted octanol–water partition coefficient (Wildman–Crippen LogP) is 0.228. The molecule has 0 aromatic carbocycles. The molecule has 0 bridgehead atoms. The average molecular weight is 173 g/mol. The molecule has 1 atom stereocenters. The number of rotatable bonds is 2. The second-order valence-electron chi connectivity index (χ2n) is 3.80. The summed E-state index contributed by atoms with van der Waals surface area (Å²) < 4.78 is 5.36. The Morgan fingerprint density at radius 1 is 1.75 bits per heavy atom. The molecule has 0 aliphatic carbocycles. The van der Waals surface area contributed by atoms with E-state index in [-0.39, 0.29) is 18.1 Å². The van der Waals surface area contributed by atoms with Crippen molar-refractivity contribution in [3.8, 4) is 0 Å². The predicted molar refractivity (Wildman–Crippen MR) is 44.1 cm³/mol. The molecule has 0 aromatic rings. The van der Waals surface area contributed by atoms with Gasteiger partial charge in [0, 0.05) is 12.1 Å². The summed E-state index contributed by atoms with van der Waals surface area (Å²) in [5.74, 6) is -0.804. The molecular weight excluding hydrogens is 158 g/mol. The highest BCUT2D eigenvalue weighted by Gasteiger charge is 2.27. The zero-order valence-corrected chi connectivity index (χ0v) is 7.46. The van der Waals surface area contributed by atoms with Gasteiger partial charge in [-0.25, -0.2) is 0 Å². The first-order valence-electron chi connectivity index (χ1n) is 4.08. The van der Waals surface area contributed by atoms with E-state index in [0.717, 1.165) is 0 Å². The van der Waals surface area contributed by atoms with Gasteiger partial charge in [0.25, 0.3) is 0 Å². The van der Waals surface area contributed by atoms with Gasteiger partial charge in [0.05, 0.1) is 19.1 Å². The molecule has 1 aliphatic heterocycles. The van der Waals surface area contributed by atoms with Crippen LogP contribution in [0.2, 0.25) is 0 Å². The smallest absolute Gasteiger partial charge is 0.306 e. The van der Waals surface area contributed by atoms with Crippen LogP contribution in [0.25, 0.3) is 0 Å². The lowest BCUT2D eigenvalue weighted by atomic mass is 10.0. The third-order valence-corrected chi connectivity index (χ3v) is 1.89. The second kappa shape index (κ2) is 3.41. The molecule has 0 spiro atoms. The fourth-order valence-corrected chi connectivity index (χ4v) is 1.15. The fourth-order valence-electron chi connectivity index (χ4n) is 1.15. The Labute approximate surface area is 71.9 Å². The van der Waals surface area contributed by atoms with Crippen LogP contribution >= 0.6 is 0 Å². The Morgan fingerprint density at radius 2 is 2.42 bits per heavy atom. The quantitative estimate of drug-likeness (QED) is 0.627. The van der Waals surface area contributed by atoms with Gasteiger partial charge in [-0.1, -0.05) is 0 Å². The molecule has 1 saturated heterocycles. The average Bonchev–Trinajstić information content (AvgIpc) is 1.93. The second-order valence-corrected chi connectivity index (χ2v) is 3.80. The molecule has 0 saturated carbocycles. The van der Waals surface area contributed by atoms with Crippen LogP contribution < -0.4 is 5.32 Å². The van der Waals surface area contributed by atoms with Crippen molar-refractivity contribution in [2.45, 2.75) is 31.9 Å². The van der Waals surface area contributed by atoms with Crippen molar-refractivity contribution in [3.05, 3.63) is 0 Å². The van der Waals surface area contributed by atoms with Crippen LogP contribution in [0, 0.1) is 0 Å². The Bertz CT molecular complexity index is 169. The van der Waals surface area contributed by atoms with Gasteiger partial charge in [-0.2, -0.15) is 0 Å². The van der Waals surface area contributed by atoms with Crippen LogP contribution in [0.5, 0.6) is 0 Å². The maximum Gasteiger partial charge on any atom is 0.306 e. The molecule has 4 nitrogen and oxygen atoms in total. The highest BCUT2D eigenvalue weighted by molar-refractivity contribution is 5.67. The van der Waals surface area contributed by atoms with E-state index in [4.69, 9.17) is 9.84 Å². The molecule has 1 rings (SSSR count). The number of carbonyl (C=O) groups is 1. The van der Waals surface area contributed by atoms with Crippen LogP contribution in [0.1, 0.15) is 20.3 Å². The van der Waals surface area contributed by atoms with Crippen molar-refractivity contribution in [3.63, 3.8) is 0 Å². The largest absolute Gasteiger partial charge is 0.481 e. The van der Waals surface area contributed by atoms with E-state index in [1.54, 1.807) is 0 Å². The van der Waals surface area contributed by atoms with Gasteiger partial charge >= 0.3 is 5.97 Å². The molecule has 12 heavy (non-hydrogen) atoms. The first-order chi connectivity index (χ1) is 5.49. The van der Waals surface area contributed by atoms with Crippen molar-refractivity contribution in [1.82, 2.24) is 5.32 Å². The standard InChI is InChI=1S/C8H15NO3/c1-8(2)5-12-6(4-9-8)3-7(10)11/h6,9H,3-5H2,1-2H3,(H,10,11)/t6-/m1/s1. The molecule has 4 heteroatoms. The maximum absolute atomic E-state index is 10.3. The van der Waals surface area contributed by atoms with E-state index in [1.165, 1.54) is 0 Å². The van der Waals surface area contributed by atoms with Crippen LogP contribution in [0.15, 0.2) is 0 Å². The van der Waals surface area contributed by atoms with E-state index >= 15 is 0 Å². The molecule has 1 fully saturated rings. The summed E-state index contributed by atoms with van der Waals surface area (Å²) in [6.45, 7) is 5.26. The number of carboxylic acid groups (broad SMARTS) is 1. The minimum Gasteiger partial charge on any atom is -0.481 e. The van der Waals surface area contributed by atoms with E-state index in [9.17, 15) is 4.79 Å². The van der Waals surface area contributed by atoms with E-state index in [2.05, 4.69) is 5.32 Å². The molecule has 0 unspecified atom stereocenters. The minimum atomic E-state index is -0.804. The first kappa shape index (κ1) is 9.48. The number of ether oxygens (including phenoxy) is 1. The van der Waals surface area contributed by atoms with Gasteiger partial charge in [-0.15, -0.1) is 0 Å². The number of hydrogen-bond donors (Lipinski definition) is 2. The Hall–Kier alpha value is -0.610. The van der Waals surface area contributed by atoms with E-state index < -0.39 is 5.97 Å². The topological polar surface area (TPSA) is 58.6 Å². The summed E-state index contributed by atoms with van der Waals surface area (Å²) in [5, 5.41) is 11.7. The lowest BCUT2D eigenvalue weighted by molar-refractivity contribution is -0.141. The van der Waals surface area contributed by atoms with Gasteiger partial charge in [-0.05, 0) is 13.8 Å². The summed E-state index contributed by atoms with van der Waals surface area (Å²) >= 11 is 0. The zero-order valence-electron chi connectivity index (χ0n) is 7.46. The molecule has 0 radical (unpaired) electrons. The number of carboxylic acids is 1. The van der Waals surface area contributed by atoms with Crippen molar-refractivity contribution < 1.29 is 14.6 Å². The molecule has 0 amide bonds. The molecule has 1 heterocycles. The van der Waals surface area contributed by atoms with Gasteiger partial charge in [0.2, 0.25) is 0 Å². The summed E-state index contributed by atoms with van der Waals surface area (Å²) in [4.78, 5) is 10.3. The van der Waals surface area contributed by atoms with Gasteiger partial charge in [-0.3, -0.25) is 4.79 Å². The van der Waals surface area contributed by atoms with Gasteiger partial charge in [0.1, 0.15) is 0 Å². The third-order valence-electron chi connectivity index (χ3n) is 1.89. The van der Waals surface area contributed by atoms with Crippen molar-refractivity contribution in [1.29, 1.82) is 0 Å². The van der Waals surface area contributed by atoms with E-state index in [1.807, 2.05) is 13.8 Å². The highest BCUT2D eigenvalue weighted by atomic mass is 16.5. The van der Waals surface area contributed by atoms with Crippen LogP contribution in [-0.4, -0.2) is 35.9 Å². The Balaban J connectivity index is 2.31. The molecule has 2 N–H and O–H groups in total. The summed E-state index contributed by atoms with van der Waals surface area (Å²) in [7, 11) is 0. The SMILES string of the molecule is CC1(C)CO[C@H](CC(=O)O)CN1. The van der Waals surface area contributed by atoms with Crippen molar-refractivity contribution in [2.24, 2.45) is 0 Å². The van der Waals surface area contributed by atoms with Crippen molar-refractivity contribution in [2.75, 3.05) is 13.2 Å². The molecular formula is C8H15NO3. The van der Waals surface area contributed by atoms with Gasteiger partial charge in [0.15, 0.2) is 0 Å². The minimum absolute atomic E-state index is 0.0188. The van der Waals surface area contributed by atoms with Crippen LogP contribution in [0.4, 0.5) is 0 Å². The van der Waals surface area contributed by atoms with Crippen molar-refractivity contribution >= 4 is 5.97 Å². The number of morpholine rings is 1. The zero-order chi connectivity index (χ0) is 9.19. The Morgan fingerprint density at radius 3 is 2.83 bits per heavy atom. The molecule has 0 aromatic heterocycles. The van der Waals surface area contributed by atoms with E-state index in [0.29, 0.717) is 13.2 Å². The lowest BCUT2D eigenvalue weighted by Gasteiger charge is -2.35. The number of hydrogen-bond acceptors (Lipinski definition) is 3. The fraction of sp³-hybridized carbons (Fsp3) is 0.875. The van der Waals surface area contributed by atoms with Crippen LogP contribution in [-0.2, 0) is 9.53 Å². The first-order valence-corrected chi connectivity index (χ1v) is 4.08. The summed E-state index contributed by atoms with van der Waals surface area (Å²) in [5.41, 5.74) is -0.0188. The van der Waals surface area contributed by atoms with Crippen LogP contribution in [0.3, 0.4) is 0 Å². The molecule has 1 aliphatic rings. The molecule has 70 valence electrons. The monoisotopic (exact) mass is 173 g/mol. The lowest BCUT2D eigenvalue weighted by Crippen LogP contribution is -2.53. The Kier molecular flexibility index (Phi) is 2.69. The van der Waals surface area contributed by atoms with Gasteiger partial charge < -0.3 is 15.2 Å². The normalized spacial score (nSPS) is 28.3. The third kappa shape index (κ3) is 2.79. The highest BCUT2D eigenvalue weighted by Crippen LogP contribution is 2.12. The maximum atomic E-state index is 10.3.